The summed E-state index contributed by atoms with van der Waals surface area (Å²) in [4.78, 5) is 72.2. The minimum atomic E-state index is -1.17. The number of methoxy groups -OCH3 is 1. The average Bonchev–Trinajstić information content (AvgIpc) is 3.43. The summed E-state index contributed by atoms with van der Waals surface area (Å²) >= 11 is 0. The van der Waals surface area contributed by atoms with Gasteiger partial charge in [-0.25, -0.2) is 4.79 Å². The van der Waals surface area contributed by atoms with Gasteiger partial charge in [-0.15, -0.1) is 0 Å². The number of nitrogens with zero attached hydrogens (tertiary/aromatic N) is 3. The molecular weight excluding hydrogens is 594 g/mol. The number of hydrogen-bond acceptors (Lipinski definition) is 8. The van der Waals surface area contributed by atoms with E-state index in [1.54, 1.807) is 39.5 Å². The molecule has 2 N–H and O–H groups in total. The lowest BCUT2D eigenvalue weighted by Crippen LogP contribution is -2.63. The molecule has 46 heavy (non-hydrogen) atoms. The Kier molecular flexibility index (Phi) is 10.5. The van der Waals surface area contributed by atoms with Crippen molar-refractivity contribution >= 4 is 29.7 Å². The van der Waals surface area contributed by atoms with Crippen molar-refractivity contribution in [3.63, 3.8) is 0 Å². The fourth-order valence-electron chi connectivity index (χ4n) is 6.11. The fourth-order valence-corrected chi connectivity index (χ4v) is 6.11. The van der Waals surface area contributed by atoms with Crippen LogP contribution in [0.5, 0.6) is 5.75 Å². The van der Waals surface area contributed by atoms with Crippen LogP contribution in [0.25, 0.3) is 0 Å². The molecule has 0 unspecified atom stereocenters. The van der Waals surface area contributed by atoms with Crippen molar-refractivity contribution in [2.75, 3.05) is 33.9 Å². The number of fused-ring (bicyclic) bond motifs is 2. The molecule has 13 nitrogen and oxygen atoms in total. The molecule has 4 rings (SSSR count). The van der Waals surface area contributed by atoms with E-state index in [0.717, 1.165) is 16.2 Å². The summed E-state index contributed by atoms with van der Waals surface area (Å²) in [5.74, 6) is -0.915. The fraction of sp³-hybridized carbons (Fsp3) is 0.667. The molecule has 0 bridgehead atoms. The molecule has 1 aromatic carbocycles. The Morgan fingerprint density at radius 1 is 1.00 bits per heavy atom. The third-order valence-corrected chi connectivity index (χ3v) is 9.04. The van der Waals surface area contributed by atoms with Crippen molar-refractivity contribution in [3.05, 3.63) is 29.8 Å². The number of carbonyl (C=O) groups is 5. The van der Waals surface area contributed by atoms with E-state index in [1.165, 1.54) is 26.0 Å². The number of hydrogen-bond donors (Lipinski definition) is 2. The van der Waals surface area contributed by atoms with E-state index >= 15 is 0 Å². The maximum absolute atomic E-state index is 14.4. The van der Waals surface area contributed by atoms with Gasteiger partial charge in [-0.05, 0) is 66.9 Å². The molecule has 2 fully saturated rings. The molecule has 0 aliphatic carbocycles. The molecule has 254 valence electrons. The molecular formula is C33H49N5O8. The third kappa shape index (κ3) is 7.73. The van der Waals surface area contributed by atoms with Crippen LogP contribution in [0.4, 0.5) is 4.79 Å². The Bertz CT molecular complexity index is 1330. The minimum Gasteiger partial charge on any atom is -0.493 e. The smallest absolute Gasteiger partial charge is 0.410 e. The third-order valence-electron chi connectivity index (χ3n) is 9.04. The van der Waals surface area contributed by atoms with Crippen LogP contribution in [0.2, 0.25) is 0 Å². The zero-order valence-corrected chi connectivity index (χ0v) is 28.3. The highest BCUT2D eigenvalue weighted by Crippen LogP contribution is 2.34. The van der Waals surface area contributed by atoms with Crippen molar-refractivity contribution in [3.8, 4) is 5.75 Å². The van der Waals surface area contributed by atoms with Crippen LogP contribution in [-0.4, -0.2) is 114 Å². The number of nitrogens with one attached hydrogen (secondary N) is 2. The van der Waals surface area contributed by atoms with E-state index in [4.69, 9.17) is 14.2 Å². The van der Waals surface area contributed by atoms with E-state index < -0.39 is 47.2 Å². The van der Waals surface area contributed by atoms with Crippen LogP contribution in [0, 0.1) is 0 Å². The van der Waals surface area contributed by atoms with Crippen LogP contribution in [0.1, 0.15) is 78.8 Å². The zero-order valence-electron chi connectivity index (χ0n) is 28.3. The van der Waals surface area contributed by atoms with Gasteiger partial charge in [0.05, 0.1) is 19.2 Å². The van der Waals surface area contributed by atoms with Crippen molar-refractivity contribution < 1.29 is 38.2 Å². The Morgan fingerprint density at radius 2 is 1.70 bits per heavy atom. The molecule has 5 atom stereocenters. The second-order valence-corrected chi connectivity index (χ2v) is 13.8. The first-order chi connectivity index (χ1) is 21.5. The second-order valence-electron chi connectivity index (χ2n) is 13.8. The molecule has 3 aliphatic heterocycles. The Labute approximate surface area is 271 Å². The molecule has 1 aromatic rings. The van der Waals surface area contributed by atoms with Gasteiger partial charge in [0.15, 0.2) is 0 Å². The summed E-state index contributed by atoms with van der Waals surface area (Å²) in [6.07, 6.45) is 1.40. The highest BCUT2D eigenvalue weighted by atomic mass is 16.6. The first-order valence-corrected chi connectivity index (χ1v) is 16.0. The van der Waals surface area contributed by atoms with E-state index in [1.807, 2.05) is 24.3 Å². The van der Waals surface area contributed by atoms with Gasteiger partial charge < -0.3 is 34.6 Å². The predicted octanol–water partition coefficient (Wildman–Crippen LogP) is 2.38. The van der Waals surface area contributed by atoms with Gasteiger partial charge in [0.2, 0.25) is 17.7 Å². The topological polar surface area (TPSA) is 147 Å². The van der Waals surface area contributed by atoms with Crippen LogP contribution in [0.15, 0.2) is 24.3 Å². The molecule has 2 saturated heterocycles. The number of para-hydroxylation sites is 1. The maximum atomic E-state index is 14.4. The largest absolute Gasteiger partial charge is 0.493 e. The van der Waals surface area contributed by atoms with Crippen molar-refractivity contribution in [1.82, 2.24) is 25.3 Å². The van der Waals surface area contributed by atoms with E-state index in [-0.39, 0.29) is 30.4 Å². The number of carbonyl (C=O) groups excluding carboxylic acids is 5. The summed E-state index contributed by atoms with van der Waals surface area (Å²) in [7, 11) is 2.89. The highest BCUT2D eigenvalue weighted by Gasteiger charge is 2.47. The maximum Gasteiger partial charge on any atom is 0.410 e. The van der Waals surface area contributed by atoms with Crippen molar-refractivity contribution in [2.24, 2.45) is 0 Å². The first-order valence-electron chi connectivity index (χ1n) is 16.0. The SMILES string of the molecule is COC(C)(C)C(=O)N1CC[C@H]2CC[C@@H](C(=O)N[C@@H]3CCOc4ccccc43)N2C(=O)[C@@H](NC(=O)[C@H](C)N(C)C(=O)OC(C)(C)C)C1. The lowest BCUT2D eigenvalue weighted by molar-refractivity contribution is -0.155. The van der Waals surface area contributed by atoms with Gasteiger partial charge in [-0.1, -0.05) is 18.2 Å². The van der Waals surface area contributed by atoms with Gasteiger partial charge in [0.25, 0.3) is 5.91 Å². The summed E-state index contributed by atoms with van der Waals surface area (Å²) in [6.45, 7) is 10.7. The van der Waals surface area contributed by atoms with Gasteiger partial charge in [0, 0.05) is 38.7 Å². The van der Waals surface area contributed by atoms with E-state index in [2.05, 4.69) is 10.6 Å². The number of rotatable bonds is 7. The van der Waals surface area contributed by atoms with Gasteiger partial charge in [0.1, 0.15) is 35.1 Å². The van der Waals surface area contributed by atoms with E-state index in [0.29, 0.717) is 38.8 Å². The molecule has 3 aliphatic rings. The highest BCUT2D eigenvalue weighted by molar-refractivity contribution is 5.95. The Hall–Kier alpha value is -3.87. The monoisotopic (exact) mass is 643 g/mol. The summed E-state index contributed by atoms with van der Waals surface area (Å²) in [5, 5.41) is 5.93. The molecule has 5 amide bonds. The van der Waals surface area contributed by atoms with Crippen LogP contribution in [-0.2, 0) is 28.7 Å². The summed E-state index contributed by atoms with van der Waals surface area (Å²) in [6, 6.07) is 4.09. The normalized spacial score (nSPS) is 24.0. The Morgan fingerprint density at radius 3 is 2.37 bits per heavy atom. The summed E-state index contributed by atoms with van der Waals surface area (Å²) in [5.41, 5.74) is -1.03. The molecule has 0 spiro atoms. The lowest BCUT2D eigenvalue weighted by atomic mass is 10.00. The van der Waals surface area contributed by atoms with Gasteiger partial charge in [-0.2, -0.15) is 0 Å². The molecule has 0 saturated carbocycles. The number of likely N-dealkylation sites (N-methyl/N-ethyl adjacent to an activating group) is 1. The molecule has 0 radical (unpaired) electrons. The number of benzene rings is 1. The van der Waals surface area contributed by atoms with E-state index in [9.17, 15) is 24.0 Å². The lowest BCUT2D eigenvalue weighted by Gasteiger charge is -2.41. The number of amides is 5. The van der Waals surface area contributed by atoms with Crippen LogP contribution < -0.4 is 15.4 Å². The standard InChI is InChI=1S/C33H49N5O8/c1-20(36(7)31(43)46-32(2,3)4)27(39)35-24-19-37(30(42)33(5,6)44-8)17-15-21-13-14-25(38(21)29(24)41)28(40)34-23-16-18-45-26-12-10-9-11-22(23)26/h9-12,20-21,23-25H,13-19H2,1-8H3,(H,34,40)(H,35,39)/t20-,21+,23+,24-,25-/m0/s1. The van der Waals surface area contributed by atoms with Crippen LogP contribution >= 0.6 is 0 Å². The average molecular weight is 644 g/mol. The summed E-state index contributed by atoms with van der Waals surface area (Å²) < 4.78 is 16.6. The van der Waals surface area contributed by atoms with Crippen molar-refractivity contribution in [2.45, 2.75) is 109 Å². The van der Waals surface area contributed by atoms with Crippen molar-refractivity contribution in [1.29, 1.82) is 0 Å². The van der Waals surface area contributed by atoms with Crippen LogP contribution in [0.3, 0.4) is 0 Å². The first kappa shape index (κ1) is 35.0. The van der Waals surface area contributed by atoms with Gasteiger partial charge in [-0.3, -0.25) is 24.1 Å². The predicted molar refractivity (Wildman–Crippen MR) is 169 cm³/mol. The quantitative estimate of drug-likeness (QED) is 0.461. The molecule has 3 heterocycles. The zero-order chi connectivity index (χ0) is 34.0. The Balaban J connectivity index is 1.57. The molecule has 13 heteroatoms. The number of ether oxygens (including phenoxy) is 3. The van der Waals surface area contributed by atoms with Gasteiger partial charge >= 0.3 is 6.09 Å². The molecule has 0 aromatic heterocycles. The minimum absolute atomic E-state index is 0.121. The second kappa shape index (κ2) is 13.9.